The van der Waals surface area contributed by atoms with Crippen LogP contribution in [0.25, 0.3) is 0 Å². The monoisotopic (exact) mass is 285 g/mol. The smallest absolute Gasteiger partial charge is 0.123 e. The van der Waals surface area contributed by atoms with E-state index in [2.05, 4.69) is 52.1 Å². The molecule has 2 nitrogen and oxygen atoms in total. The second kappa shape index (κ2) is 7.16. The maximum absolute atomic E-state index is 5.37. The van der Waals surface area contributed by atoms with Crippen LogP contribution in [0.4, 0.5) is 0 Å². The van der Waals surface area contributed by atoms with E-state index in [0.717, 1.165) is 18.7 Å². The van der Waals surface area contributed by atoms with Gasteiger partial charge in [-0.25, -0.2) is 0 Å². The summed E-state index contributed by atoms with van der Waals surface area (Å²) in [6, 6.07) is 8.17. The predicted molar refractivity (Wildman–Crippen MR) is 85.2 cm³/mol. The van der Waals surface area contributed by atoms with E-state index in [1.54, 1.807) is 7.11 Å². The first-order valence-corrected chi connectivity index (χ1v) is 6.60. The van der Waals surface area contributed by atoms with Crippen LogP contribution in [0.5, 0.6) is 5.75 Å². The molecule has 1 N–H and O–H groups in total. The average molecular weight is 286 g/mol. The van der Waals surface area contributed by atoms with E-state index in [0.29, 0.717) is 5.41 Å². The van der Waals surface area contributed by atoms with Gasteiger partial charge in [-0.15, -0.1) is 12.4 Å². The molecule has 0 aromatic heterocycles. The van der Waals surface area contributed by atoms with Gasteiger partial charge in [-0.05, 0) is 31.7 Å². The molecular formula is C16H28ClNO. The van der Waals surface area contributed by atoms with E-state index in [9.17, 15) is 0 Å². The molecule has 19 heavy (non-hydrogen) atoms. The van der Waals surface area contributed by atoms with Gasteiger partial charge in [-0.2, -0.15) is 0 Å². The number of benzene rings is 1. The van der Waals surface area contributed by atoms with Crippen molar-refractivity contribution in [3.05, 3.63) is 29.8 Å². The molecule has 0 spiro atoms. The van der Waals surface area contributed by atoms with Crippen LogP contribution in [-0.4, -0.2) is 12.6 Å². The molecular weight excluding hydrogens is 258 g/mol. The zero-order valence-electron chi connectivity index (χ0n) is 13.0. The maximum Gasteiger partial charge on any atom is 0.123 e. The summed E-state index contributed by atoms with van der Waals surface area (Å²) >= 11 is 0. The molecule has 0 amide bonds. The van der Waals surface area contributed by atoms with Gasteiger partial charge in [0, 0.05) is 17.6 Å². The Bertz CT molecular complexity index is 383. The van der Waals surface area contributed by atoms with E-state index < -0.39 is 0 Å². The summed E-state index contributed by atoms with van der Waals surface area (Å²) in [7, 11) is 1.72. The van der Waals surface area contributed by atoms with Crippen LogP contribution in [0, 0.1) is 5.41 Å². The molecule has 3 heteroatoms. The van der Waals surface area contributed by atoms with Crippen molar-refractivity contribution in [3.8, 4) is 5.75 Å². The fourth-order valence-electron chi connectivity index (χ4n) is 2.57. The van der Waals surface area contributed by atoms with Crippen LogP contribution in [0.3, 0.4) is 0 Å². The largest absolute Gasteiger partial charge is 0.496 e. The molecule has 0 heterocycles. The van der Waals surface area contributed by atoms with Gasteiger partial charge >= 0.3 is 0 Å². The molecule has 0 unspecified atom stereocenters. The zero-order valence-corrected chi connectivity index (χ0v) is 13.9. The summed E-state index contributed by atoms with van der Waals surface area (Å²) < 4.78 is 5.37. The molecule has 0 fully saturated rings. The van der Waals surface area contributed by atoms with Crippen molar-refractivity contribution in [2.75, 3.05) is 7.11 Å². The molecule has 0 radical (unpaired) electrons. The molecule has 0 atom stereocenters. The molecule has 0 aliphatic carbocycles. The van der Waals surface area contributed by atoms with Crippen molar-refractivity contribution in [1.29, 1.82) is 0 Å². The van der Waals surface area contributed by atoms with Crippen molar-refractivity contribution in [1.82, 2.24) is 5.32 Å². The Morgan fingerprint density at radius 1 is 1.05 bits per heavy atom. The number of methoxy groups -OCH3 is 1. The highest BCUT2D eigenvalue weighted by atomic mass is 35.5. The van der Waals surface area contributed by atoms with E-state index in [1.807, 2.05) is 12.1 Å². The van der Waals surface area contributed by atoms with Gasteiger partial charge in [0.1, 0.15) is 5.75 Å². The quantitative estimate of drug-likeness (QED) is 0.864. The summed E-state index contributed by atoms with van der Waals surface area (Å²) in [4.78, 5) is 0. The third kappa shape index (κ3) is 6.84. The van der Waals surface area contributed by atoms with E-state index in [1.165, 1.54) is 5.56 Å². The SMILES string of the molecule is COc1ccccc1CNC(C)(C)CC(C)(C)C.Cl. The van der Waals surface area contributed by atoms with Crippen LogP contribution in [-0.2, 0) is 6.54 Å². The van der Waals surface area contributed by atoms with Crippen LogP contribution in [0.2, 0.25) is 0 Å². The van der Waals surface area contributed by atoms with Crippen LogP contribution in [0.15, 0.2) is 24.3 Å². The predicted octanol–water partition coefficient (Wildman–Crippen LogP) is 4.42. The Balaban J connectivity index is 0.00000324. The van der Waals surface area contributed by atoms with Crippen LogP contribution >= 0.6 is 12.4 Å². The molecule has 0 bridgehead atoms. The highest BCUT2D eigenvalue weighted by Gasteiger charge is 2.24. The summed E-state index contributed by atoms with van der Waals surface area (Å²) in [5, 5.41) is 3.63. The van der Waals surface area contributed by atoms with Crippen molar-refractivity contribution in [2.45, 2.75) is 53.1 Å². The topological polar surface area (TPSA) is 21.3 Å². The molecule has 0 aliphatic heterocycles. The number of hydrogen-bond acceptors (Lipinski definition) is 2. The Hall–Kier alpha value is -0.730. The van der Waals surface area contributed by atoms with Crippen molar-refractivity contribution < 1.29 is 4.74 Å². The number of para-hydroxylation sites is 1. The lowest BCUT2D eigenvalue weighted by atomic mass is 9.82. The summed E-state index contributed by atoms with van der Waals surface area (Å²) in [6.07, 6.45) is 1.13. The second-order valence-corrected chi connectivity index (χ2v) is 6.79. The highest BCUT2D eigenvalue weighted by Crippen LogP contribution is 2.27. The maximum atomic E-state index is 5.37. The zero-order chi connectivity index (χ0) is 13.8. The molecule has 1 aromatic rings. The molecule has 0 aliphatic rings. The summed E-state index contributed by atoms with van der Waals surface area (Å²) in [5.74, 6) is 0.955. The second-order valence-electron chi connectivity index (χ2n) is 6.79. The standard InChI is InChI=1S/C16H27NO.ClH/c1-15(2,3)12-16(4,5)17-11-13-9-7-8-10-14(13)18-6;/h7-10,17H,11-12H2,1-6H3;1H. The lowest BCUT2D eigenvalue weighted by Gasteiger charge is -2.33. The Labute approximate surface area is 124 Å². The fourth-order valence-corrected chi connectivity index (χ4v) is 2.57. The van der Waals surface area contributed by atoms with Crippen LogP contribution in [0.1, 0.15) is 46.6 Å². The number of ether oxygens (including phenoxy) is 1. The third-order valence-corrected chi connectivity index (χ3v) is 2.92. The molecule has 0 saturated heterocycles. The van der Waals surface area contributed by atoms with Gasteiger partial charge in [0.2, 0.25) is 0 Å². The first-order valence-electron chi connectivity index (χ1n) is 6.60. The molecule has 110 valence electrons. The van der Waals surface area contributed by atoms with Gasteiger partial charge in [-0.1, -0.05) is 39.0 Å². The fraction of sp³-hybridized carbons (Fsp3) is 0.625. The lowest BCUT2D eigenvalue weighted by Crippen LogP contribution is -2.41. The van der Waals surface area contributed by atoms with E-state index in [-0.39, 0.29) is 17.9 Å². The number of halogens is 1. The minimum Gasteiger partial charge on any atom is -0.496 e. The van der Waals surface area contributed by atoms with Gasteiger partial charge in [0.25, 0.3) is 0 Å². The Kier molecular flexibility index (Phi) is 6.88. The Morgan fingerprint density at radius 3 is 2.16 bits per heavy atom. The summed E-state index contributed by atoms with van der Waals surface area (Å²) in [6.45, 7) is 12.2. The summed E-state index contributed by atoms with van der Waals surface area (Å²) in [5.41, 5.74) is 1.66. The number of nitrogens with one attached hydrogen (secondary N) is 1. The third-order valence-electron chi connectivity index (χ3n) is 2.92. The van der Waals surface area contributed by atoms with E-state index in [4.69, 9.17) is 4.74 Å². The average Bonchev–Trinajstić information content (AvgIpc) is 2.23. The van der Waals surface area contributed by atoms with Gasteiger partial charge in [0.15, 0.2) is 0 Å². The van der Waals surface area contributed by atoms with Crippen molar-refractivity contribution >= 4 is 12.4 Å². The van der Waals surface area contributed by atoms with Gasteiger partial charge in [-0.3, -0.25) is 0 Å². The normalized spacial score (nSPS) is 11.9. The minimum atomic E-state index is 0. The first-order chi connectivity index (χ1) is 8.23. The molecule has 1 aromatic carbocycles. The lowest BCUT2D eigenvalue weighted by molar-refractivity contribution is 0.240. The molecule has 0 saturated carbocycles. The molecule has 1 rings (SSSR count). The van der Waals surface area contributed by atoms with Crippen molar-refractivity contribution in [3.63, 3.8) is 0 Å². The first kappa shape index (κ1) is 18.3. The Morgan fingerprint density at radius 2 is 1.63 bits per heavy atom. The van der Waals surface area contributed by atoms with Gasteiger partial charge in [0.05, 0.1) is 7.11 Å². The number of rotatable bonds is 5. The van der Waals surface area contributed by atoms with Gasteiger partial charge < -0.3 is 10.1 Å². The van der Waals surface area contributed by atoms with E-state index >= 15 is 0 Å². The number of hydrogen-bond donors (Lipinski definition) is 1. The van der Waals surface area contributed by atoms with Crippen LogP contribution < -0.4 is 10.1 Å². The minimum absolute atomic E-state index is 0. The van der Waals surface area contributed by atoms with Crippen molar-refractivity contribution in [2.24, 2.45) is 5.41 Å². The highest BCUT2D eigenvalue weighted by molar-refractivity contribution is 5.85.